The standard InChI is InChI=1S/C21H27NO3/c23-20-9-4-8-19(16-20)21-17-22(12-15-25-21)11-5-13-24-14-10-18-6-2-1-3-7-18/h1-4,6-9,16,21,23H,5,10-15,17H2/t21-/m0/s1. The Morgan fingerprint density at radius 1 is 1.08 bits per heavy atom. The summed E-state index contributed by atoms with van der Waals surface area (Å²) in [5.41, 5.74) is 2.37. The summed E-state index contributed by atoms with van der Waals surface area (Å²) in [6.45, 7) is 5.14. The number of hydrogen-bond acceptors (Lipinski definition) is 4. The van der Waals surface area contributed by atoms with Crippen LogP contribution in [0.15, 0.2) is 54.6 Å². The van der Waals surface area contributed by atoms with E-state index in [1.807, 2.05) is 18.2 Å². The number of rotatable bonds is 8. The molecule has 0 radical (unpaired) electrons. The Morgan fingerprint density at radius 3 is 2.80 bits per heavy atom. The predicted molar refractivity (Wildman–Crippen MR) is 98.8 cm³/mol. The summed E-state index contributed by atoms with van der Waals surface area (Å²) in [7, 11) is 0. The molecular formula is C21H27NO3. The van der Waals surface area contributed by atoms with E-state index in [-0.39, 0.29) is 6.10 Å². The van der Waals surface area contributed by atoms with Crippen LogP contribution < -0.4 is 0 Å². The SMILES string of the molecule is Oc1cccc([C@@H]2CN(CCCOCCc3ccccc3)CCO2)c1. The third-order valence-corrected chi connectivity index (χ3v) is 4.53. The molecule has 1 atom stereocenters. The van der Waals surface area contributed by atoms with Crippen molar-refractivity contribution in [2.45, 2.75) is 18.9 Å². The van der Waals surface area contributed by atoms with E-state index in [2.05, 4.69) is 29.2 Å². The Morgan fingerprint density at radius 2 is 1.96 bits per heavy atom. The van der Waals surface area contributed by atoms with Gasteiger partial charge in [0.2, 0.25) is 0 Å². The highest BCUT2D eigenvalue weighted by molar-refractivity contribution is 5.29. The van der Waals surface area contributed by atoms with E-state index in [0.717, 1.165) is 57.9 Å². The summed E-state index contributed by atoms with van der Waals surface area (Å²) in [4.78, 5) is 2.42. The van der Waals surface area contributed by atoms with Crippen molar-refractivity contribution in [2.24, 2.45) is 0 Å². The van der Waals surface area contributed by atoms with Crippen LogP contribution in [0.25, 0.3) is 0 Å². The highest BCUT2D eigenvalue weighted by Crippen LogP contribution is 2.24. The van der Waals surface area contributed by atoms with E-state index in [4.69, 9.17) is 9.47 Å². The van der Waals surface area contributed by atoms with Crippen LogP contribution in [0.1, 0.15) is 23.7 Å². The van der Waals surface area contributed by atoms with Gasteiger partial charge in [-0.1, -0.05) is 42.5 Å². The molecule has 0 aromatic heterocycles. The van der Waals surface area contributed by atoms with Gasteiger partial charge in [-0.05, 0) is 36.1 Å². The molecule has 25 heavy (non-hydrogen) atoms. The number of nitrogens with zero attached hydrogens (tertiary/aromatic N) is 1. The molecule has 1 aliphatic heterocycles. The summed E-state index contributed by atoms with van der Waals surface area (Å²) < 4.78 is 11.6. The topological polar surface area (TPSA) is 41.9 Å². The highest BCUT2D eigenvalue weighted by Gasteiger charge is 2.21. The molecule has 0 aliphatic carbocycles. The second kappa shape index (κ2) is 9.56. The van der Waals surface area contributed by atoms with Crippen LogP contribution in [0.3, 0.4) is 0 Å². The van der Waals surface area contributed by atoms with Crippen molar-refractivity contribution in [3.05, 3.63) is 65.7 Å². The number of hydrogen-bond donors (Lipinski definition) is 1. The van der Waals surface area contributed by atoms with Gasteiger partial charge in [-0.3, -0.25) is 4.90 Å². The second-order valence-electron chi connectivity index (χ2n) is 6.46. The first-order valence-electron chi connectivity index (χ1n) is 9.06. The van der Waals surface area contributed by atoms with Crippen LogP contribution in [0, 0.1) is 0 Å². The fourth-order valence-corrected chi connectivity index (χ4v) is 3.16. The van der Waals surface area contributed by atoms with Crippen molar-refractivity contribution < 1.29 is 14.6 Å². The lowest BCUT2D eigenvalue weighted by Crippen LogP contribution is -2.39. The van der Waals surface area contributed by atoms with Gasteiger partial charge in [0.1, 0.15) is 5.75 Å². The largest absolute Gasteiger partial charge is 0.508 e. The van der Waals surface area contributed by atoms with Crippen LogP contribution in [0.5, 0.6) is 5.75 Å². The molecule has 1 saturated heterocycles. The molecule has 1 heterocycles. The van der Waals surface area contributed by atoms with Gasteiger partial charge in [-0.2, -0.15) is 0 Å². The van der Waals surface area contributed by atoms with Gasteiger partial charge in [0.25, 0.3) is 0 Å². The minimum absolute atomic E-state index is 0.0415. The van der Waals surface area contributed by atoms with Crippen molar-refractivity contribution in [1.29, 1.82) is 0 Å². The monoisotopic (exact) mass is 341 g/mol. The lowest BCUT2D eigenvalue weighted by molar-refractivity contribution is -0.0323. The zero-order chi connectivity index (χ0) is 17.3. The smallest absolute Gasteiger partial charge is 0.115 e. The number of phenolic OH excluding ortho intramolecular Hbond substituents is 1. The molecule has 4 heteroatoms. The van der Waals surface area contributed by atoms with Crippen LogP contribution >= 0.6 is 0 Å². The third-order valence-electron chi connectivity index (χ3n) is 4.53. The first kappa shape index (κ1) is 17.9. The molecule has 0 amide bonds. The Hall–Kier alpha value is -1.88. The predicted octanol–water partition coefficient (Wildman–Crippen LogP) is 3.41. The normalized spacial score (nSPS) is 18.3. The molecule has 4 nitrogen and oxygen atoms in total. The van der Waals surface area contributed by atoms with Gasteiger partial charge in [0.05, 0.1) is 19.3 Å². The molecule has 1 aliphatic rings. The molecule has 134 valence electrons. The summed E-state index contributed by atoms with van der Waals surface area (Å²) in [6.07, 6.45) is 2.04. The molecule has 1 fully saturated rings. The highest BCUT2D eigenvalue weighted by atomic mass is 16.5. The maximum atomic E-state index is 9.63. The number of phenols is 1. The summed E-state index contributed by atoms with van der Waals surface area (Å²) in [6, 6.07) is 17.8. The average molecular weight is 341 g/mol. The van der Waals surface area contributed by atoms with Crippen molar-refractivity contribution >= 4 is 0 Å². The van der Waals surface area contributed by atoms with Crippen LogP contribution in [-0.4, -0.2) is 49.5 Å². The second-order valence-corrected chi connectivity index (χ2v) is 6.46. The first-order valence-corrected chi connectivity index (χ1v) is 9.06. The summed E-state index contributed by atoms with van der Waals surface area (Å²) in [5.74, 6) is 0.296. The number of morpholine rings is 1. The molecule has 2 aromatic rings. The zero-order valence-electron chi connectivity index (χ0n) is 14.6. The minimum Gasteiger partial charge on any atom is -0.508 e. The molecule has 0 unspecified atom stereocenters. The Bertz CT molecular complexity index is 632. The third kappa shape index (κ3) is 5.85. The molecular weight excluding hydrogens is 314 g/mol. The summed E-state index contributed by atoms with van der Waals surface area (Å²) in [5, 5.41) is 9.63. The molecule has 0 spiro atoms. The van der Waals surface area contributed by atoms with E-state index in [0.29, 0.717) is 5.75 Å². The lowest BCUT2D eigenvalue weighted by atomic mass is 10.1. The number of benzene rings is 2. The maximum absolute atomic E-state index is 9.63. The molecule has 3 rings (SSSR count). The molecule has 1 N–H and O–H groups in total. The van der Waals surface area contributed by atoms with E-state index in [1.165, 1.54) is 5.56 Å². The van der Waals surface area contributed by atoms with Crippen molar-refractivity contribution in [3.63, 3.8) is 0 Å². The van der Waals surface area contributed by atoms with E-state index >= 15 is 0 Å². The van der Waals surface area contributed by atoms with Crippen molar-refractivity contribution in [2.75, 3.05) is 39.5 Å². The van der Waals surface area contributed by atoms with Gasteiger partial charge in [-0.25, -0.2) is 0 Å². The minimum atomic E-state index is 0.0415. The van der Waals surface area contributed by atoms with Crippen molar-refractivity contribution in [3.8, 4) is 5.75 Å². The van der Waals surface area contributed by atoms with Crippen LogP contribution in [-0.2, 0) is 15.9 Å². The summed E-state index contributed by atoms with van der Waals surface area (Å²) >= 11 is 0. The lowest BCUT2D eigenvalue weighted by Gasteiger charge is -2.33. The molecule has 2 aromatic carbocycles. The first-order chi connectivity index (χ1) is 12.3. The molecule has 0 saturated carbocycles. The van der Waals surface area contributed by atoms with Gasteiger partial charge in [-0.15, -0.1) is 0 Å². The van der Waals surface area contributed by atoms with E-state index < -0.39 is 0 Å². The fraction of sp³-hybridized carbons (Fsp3) is 0.429. The zero-order valence-corrected chi connectivity index (χ0v) is 14.6. The van der Waals surface area contributed by atoms with Gasteiger partial charge < -0.3 is 14.6 Å². The van der Waals surface area contributed by atoms with Gasteiger partial charge in [0, 0.05) is 26.2 Å². The average Bonchev–Trinajstić information content (AvgIpc) is 2.66. The van der Waals surface area contributed by atoms with Gasteiger partial charge in [0.15, 0.2) is 0 Å². The molecule has 0 bridgehead atoms. The van der Waals surface area contributed by atoms with Crippen molar-refractivity contribution in [1.82, 2.24) is 4.90 Å². The maximum Gasteiger partial charge on any atom is 0.115 e. The van der Waals surface area contributed by atoms with E-state index in [1.54, 1.807) is 12.1 Å². The Labute approximate surface area is 150 Å². The van der Waals surface area contributed by atoms with Crippen LogP contribution in [0.2, 0.25) is 0 Å². The number of ether oxygens (including phenoxy) is 2. The Balaban J connectivity index is 1.33. The van der Waals surface area contributed by atoms with E-state index in [9.17, 15) is 5.11 Å². The quantitative estimate of drug-likeness (QED) is 0.747. The Kier molecular flexibility index (Phi) is 6.86. The fourth-order valence-electron chi connectivity index (χ4n) is 3.16. The number of aromatic hydroxyl groups is 1. The van der Waals surface area contributed by atoms with Gasteiger partial charge >= 0.3 is 0 Å². The van der Waals surface area contributed by atoms with Crippen LogP contribution in [0.4, 0.5) is 0 Å².